The van der Waals surface area contributed by atoms with Gasteiger partial charge in [-0.05, 0) is 53.5 Å². The topological polar surface area (TPSA) is 46.1 Å². The molecule has 2 aromatic heterocycles. The Hall–Kier alpha value is -1.75. The van der Waals surface area contributed by atoms with E-state index in [1.807, 2.05) is 30.9 Å². The first-order valence-corrected chi connectivity index (χ1v) is 7.18. The second-order valence-corrected chi connectivity index (χ2v) is 5.57. The smallest absolute Gasteiger partial charge is 0.255 e. The normalized spacial score (nSPS) is 10.6. The SMILES string of the molecule is CC(C)N(Cc1cccnc1)C(=O)c1ccc(Br)nc1. The number of hydrogen-bond acceptors (Lipinski definition) is 3. The molecule has 0 fully saturated rings. The van der Waals surface area contributed by atoms with Crippen LogP contribution in [-0.4, -0.2) is 26.8 Å². The maximum Gasteiger partial charge on any atom is 0.255 e. The van der Waals surface area contributed by atoms with Crippen LogP contribution in [0.1, 0.15) is 29.8 Å². The second-order valence-electron chi connectivity index (χ2n) is 4.76. The summed E-state index contributed by atoms with van der Waals surface area (Å²) in [5.41, 5.74) is 1.60. The van der Waals surface area contributed by atoms with Crippen molar-refractivity contribution in [3.05, 3.63) is 58.6 Å². The van der Waals surface area contributed by atoms with Crippen LogP contribution in [-0.2, 0) is 6.54 Å². The van der Waals surface area contributed by atoms with E-state index in [-0.39, 0.29) is 11.9 Å². The molecule has 0 unspecified atom stereocenters. The molecule has 4 nitrogen and oxygen atoms in total. The maximum atomic E-state index is 12.6. The Morgan fingerprint density at radius 2 is 2.10 bits per heavy atom. The number of pyridine rings is 2. The Morgan fingerprint density at radius 3 is 2.65 bits per heavy atom. The summed E-state index contributed by atoms with van der Waals surface area (Å²) in [7, 11) is 0. The van der Waals surface area contributed by atoms with E-state index in [9.17, 15) is 4.79 Å². The molecule has 0 N–H and O–H groups in total. The van der Waals surface area contributed by atoms with Crippen molar-refractivity contribution >= 4 is 21.8 Å². The zero-order valence-corrected chi connectivity index (χ0v) is 13.0. The minimum absolute atomic E-state index is 0.0242. The number of amides is 1. The molecule has 20 heavy (non-hydrogen) atoms. The number of aromatic nitrogens is 2. The predicted molar refractivity (Wildman–Crippen MR) is 81.2 cm³/mol. The minimum atomic E-state index is -0.0242. The average Bonchev–Trinajstić information content (AvgIpc) is 2.45. The molecule has 5 heteroatoms. The van der Waals surface area contributed by atoms with Gasteiger partial charge in [-0.15, -0.1) is 0 Å². The van der Waals surface area contributed by atoms with E-state index < -0.39 is 0 Å². The lowest BCUT2D eigenvalue weighted by Crippen LogP contribution is -2.36. The number of nitrogens with zero attached hydrogens (tertiary/aromatic N) is 3. The van der Waals surface area contributed by atoms with E-state index in [4.69, 9.17) is 0 Å². The first-order valence-electron chi connectivity index (χ1n) is 6.39. The molecular formula is C15H16BrN3O. The van der Waals surface area contributed by atoms with Crippen LogP contribution in [0.5, 0.6) is 0 Å². The molecule has 0 radical (unpaired) electrons. The summed E-state index contributed by atoms with van der Waals surface area (Å²) in [6.07, 6.45) is 5.09. The highest BCUT2D eigenvalue weighted by atomic mass is 79.9. The minimum Gasteiger partial charge on any atom is -0.332 e. The summed E-state index contributed by atoms with van der Waals surface area (Å²) < 4.78 is 0.720. The lowest BCUT2D eigenvalue weighted by Gasteiger charge is -2.26. The number of rotatable bonds is 4. The number of carbonyl (C=O) groups is 1. The van der Waals surface area contributed by atoms with Crippen molar-refractivity contribution in [1.29, 1.82) is 0 Å². The summed E-state index contributed by atoms with van der Waals surface area (Å²) in [5.74, 6) is -0.0242. The van der Waals surface area contributed by atoms with Crippen LogP contribution in [0.2, 0.25) is 0 Å². The highest BCUT2D eigenvalue weighted by molar-refractivity contribution is 9.10. The first kappa shape index (κ1) is 14.7. The quantitative estimate of drug-likeness (QED) is 0.806. The third-order valence-electron chi connectivity index (χ3n) is 2.93. The largest absolute Gasteiger partial charge is 0.332 e. The summed E-state index contributed by atoms with van der Waals surface area (Å²) in [6, 6.07) is 7.49. The molecule has 0 aliphatic carbocycles. The molecule has 2 rings (SSSR count). The standard InChI is InChI=1S/C15H16BrN3O/c1-11(2)19(10-12-4-3-7-17-8-12)15(20)13-5-6-14(16)18-9-13/h3-9,11H,10H2,1-2H3. The molecule has 0 atom stereocenters. The van der Waals surface area contributed by atoms with Crippen LogP contribution >= 0.6 is 15.9 Å². The highest BCUT2D eigenvalue weighted by Crippen LogP contribution is 2.14. The summed E-state index contributed by atoms with van der Waals surface area (Å²) >= 11 is 3.27. The van der Waals surface area contributed by atoms with E-state index in [2.05, 4.69) is 25.9 Å². The van der Waals surface area contributed by atoms with Gasteiger partial charge in [-0.2, -0.15) is 0 Å². The van der Waals surface area contributed by atoms with Crippen LogP contribution < -0.4 is 0 Å². The Labute approximate surface area is 127 Å². The van der Waals surface area contributed by atoms with E-state index in [1.165, 1.54) is 0 Å². The molecular weight excluding hydrogens is 318 g/mol. The Kier molecular flexibility index (Phi) is 4.84. The number of halogens is 1. The molecule has 0 aliphatic rings. The number of carbonyl (C=O) groups excluding carboxylic acids is 1. The van der Waals surface area contributed by atoms with Crippen molar-refractivity contribution < 1.29 is 4.79 Å². The lowest BCUT2D eigenvalue weighted by atomic mass is 10.2. The molecule has 2 heterocycles. The molecule has 0 saturated heterocycles. The predicted octanol–water partition coefficient (Wildman–Crippen LogP) is 3.29. The summed E-state index contributed by atoms with van der Waals surface area (Å²) in [6.45, 7) is 4.54. The van der Waals surface area contributed by atoms with E-state index in [0.717, 1.165) is 10.2 Å². The number of hydrogen-bond donors (Lipinski definition) is 0. The maximum absolute atomic E-state index is 12.6. The monoisotopic (exact) mass is 333 g/mol. The van der Waals surface area contributed by atoms with Crippen molar-refractivity contribution in [3.8, 4) is 0 Å². The average molecular weight is 334 g/mol. The van der Waals surface area contributed by atoms with Crippen LogP contribution in [0.25, 0.3) is 0 Å². The Bertz CT molecular complexity index is 569. The van der Waals surface area contributed by atoms with Gasteiger partial charge in [0.2, 0.25) is 0 Å². The fourth-order valence-corrected chi connectivity index (χ4v) is 2.08. The van der Waals surface area contributed by atoms with Gasteiger partial charge >= 0.3 is 0 Å². The zero-order chi connectivity index (χ0) is 14.5. The van der Waals surface area contributed by atoms with Crippen LogP contribution in [0, 0.1) is 0 Å². The van der Waals surface area contributed by atoms with Gasteiger partial charge in [0.15, 0.2) is 0 Å². The van der Waals surface area contributed by atoms with Gasteiger partial charge in [0.1, 0.15) is 4.60 Å². The van der Waals surface area contributed by atoms with Gasteiger partial charge < -0.3 is 4.90 Å². The third kappa shape index (κ3) is 3.63. The van der Waals surface area contributed by atoms with Crippen molar-refractivity contribution in [2.45, 2.75) is 26.4 Å². The zero-order valence-electron chi connectivity index (χ0n) is 11.5. The second kappa shape index (κ2) is 6.61. The Morgan fingerprint density at radius 1 is 1.30 bits per heavy atom. The van der Waals surface area contributed by atoms with Crippen LogP contribution in [0.15, 0.2) is 47.5 Å². The van der Waals surface area contributed by atoms with Crippen molar-refractivity contribution in [2.24, 2.45) is 0 Å². The van der Waals surface area contributed by atoms with Crippen LogP contribution in [0.4, 0.5) is 0 Å². The van der Waals surface area contributed by atoms with Gasteiger partial charge in [-0.3, -0.25) is 9.78 Å². The van der Waals surface area contributed by atoms with Crippen molar-refractivity contribution in [2.75, 3.05) is 0 Å². The molecule has 0 bridgehead atoms. The fraction of sp³-hybridized carbons (Fsp3) is 0.267. The molecule has 104 valence electrons. The van der Waals surface area contributed by atoms with Crippen molar-refractivity contribution in [1.82, 2.24) is 14.9 Å². The van der Waals surface area contributed by atoms with Gasteiger partial charge in [0.25, 0.3) is 5.91 Å². The fourth-order valence-electron chi connectivity index (χ4n) is 1.85. The van der Waals surface area contributed by atoms with E-state index in [1.54, 1.807) is 30.7 Å². The van der Waals surface area contributed by atoms with Gasteiger partial charge in [0, 0.05) is 31.2 Å². The Balaban J connectivity index is 2.20. The van der Waals surface area contributed by atoms with E-state index >= 15 is 0 Å². The molecule has 2 aromatic rings. The summed E-state index contributed by atoms with van der Waals surface area (Å²) in [4.78, 5) is 22.5. The lowest BCUT2D eigenvalue weighted by molar-refractivity contribution is 0.0689. The molecule has 0 spiro atoms. The van der Waals surface area contributed by atoms with E-state index in [0.29, 0.717) is 12.1 Å². The highest BCUT2D eigenvalue weighted by Gasteiger charge is 2.19. The molecule has 1 amide bonds. The van der Waals surface area contributed by atoms with Crippen LogP contribution in [0.3, 0.4) is 0 Å². The van der Waals surface area contributed by atoms with Gasteiger partial charge in [-0.25, -0.2) is 4.98 Å². The van der Waals surface area contributed by atoms with Crippen molar-refractivity contribution in [3.63, 3.8) is 0 Å². The molecule has 0 saturated carbocycles. The van der Waals surface area contributed by atoms with Gasteiger partial charge in [-0.1, -0.05) is 6.07 Å². The molecule has 0 aliphatic heterocycles. The molecule has 0 aromatic carbocycles. The summed E-state index contributed by atoms with van der Waals surface area (Å²) in [5, 5.41) is 0. The van der Waals surface area contributed by atoms with Gasteiger partial charge in [0.05, 0.1) is 5.56 Å². The third-order valence-corrected chi connectivity index (χ3v) is 3.40. The first-order chi connectivity index (χ1) is 9.58.